The van der Waals surface area contributed by atoms with Gasteiger partial charge < -0.3 is 15.8 Å². The first-order valence-corrected chi connectivity index (χ1v) is 6.84. The number of benzene rings is 1. The van der Waals surface area contributed by atoms with Crippen LogP contribution in [0.5, 0.6) is 5.75 Å². The van der Waals surface area contributed by atoms with Gasteiger partial charge in [0.1, 0.15) is 5.75 Å². The van der Waals surface area contributed by atoms with Gasteiger partial charge in [0, 0.05) is 17.6 Å². The van der Waals surface area contributed by atoms with Crippen molar-refractivity contribution in [3.05, 3.63) is 28.8 Å². The van der Waals surface area contributed by atoms with Gasteiger partial charge in [-0.15, -0.1) is 12.4 Å². The van der Waals surface area contributed by atoms with E-state index in [-0.39, 0.29) is 24.4 Å². The molecule has 0 aliphatic carbocycles. The molecule has 0 fully saturated rings. The fraction of sp³-hybridized carbons (Fsp3) is 0.500. The predicted molar refractivity (Wildman–Crippen MR) is 85.1 cm³/mol. The lowest BCUT2D eigenvalue weighted by Gasteiger charge is -2.17. The van der Waals surface area contributed by atoms with E-state index in [0.29, 0.717) is 22.9 Å². The van der Waals surface area contributed by atoms with Crippen LogP contribution in [0.2, 0.25) is 5.02 Å². The first-order valence-electron chi connectivity index (χ1n) is 6.46. The highest BCUT2D eigenvalue weighted by Gasteiger charge is 2.16. The Hall–Kier alpha value is -0.970. The van der Waals surface area contributed by atoms with Crippen molar-refractivity contribution >= 4 is 29.9 Å². The van der Waals surface area contributed by atoms with E-state index in [9.17, 15) is 4.79 Å². The van der Waals surface area contributed by atoms with Gasteiger partial charge in [0.25, 0.3) is 5.91 Å². The zero-order valence-electron chi connectivity index (χ0n) is 11.8. The monoisotopic (exact) mass is 320 g/mol. The maximum absolute atomic E-state index is 12.2. The van der Waals surface area contributed by atoms with E-state index in [4.69, 9.17) is 22.1 Å². The van der Waals surface area contributed by atoms with Crippen LogP contribution in [0, 0.1) is 0 Å². The molecule has 0 spiro atoms. The SMILES string of the molecule is CCCCC(CN)NC(=O)c1cc(Cl)ccc1OC.Cl. The summed E-state index contributed by atoms with van der Waals surface area (Å²) in [5, 5.41) is 3.42. The molecule has 1 rings (SSSR count). The number of unbranched alkanes of at least 4 members (excludes halogenated alkanes) is 1. The van der Waals surface area contributed by atoms with Crippen molar-refractivity contribution in [2.45, 2.75) is 32.2 Å². The Bertz CT molecular complexity index is 428. The van der Waals surface area contributed by atoms with Crippen molar-refractivity contribution in [2.75, 3.05) is 13.7 Å². The largest absolute Gasteiger partial charge is 0.496 e. The van der Waals surface area contributed by atoms with Gasteiger partial charge in [-0.1, -0.05) is 31.4 Å². The topological polar surface area (TPSA) is 64.3 Å². The highest BCUT2D eigenvalue weighted by molar-refractivity contribution is 6.31. The van der Waals surface area contributed by atoms with Crippen LogP contribution in [0.3, 0.4) is 0 Å². The quantitative estimate of drug-likeness (QED) is 0.811. The number of ether oxygens (including phenoxy) is 1. The van der Waals surface area contributed by atoms with Crippen LogP contribution >= 0.6 is 24.0 Å². The Labute approximate surface area is 131 Å². The molecule has 0 radical (unpaired) electrons. The van der Waals surface area contributed by atoms with Gasteiger partial charge in [-0.3, -0.25) is 4.79 Å². The van der Waals surface area contributed by atoms with Crippen molar-refractivity contribution in [1.82, 2.24) is 5.32 Å². The molecule has 0 saturated heterocycles. The van der Waals surface area contributed by atoms with E-state index in [2.05, 4.69) is 12.2 Å². The molecule has 0 aliphatic heterocycles. The summed E-state index contributed by atoms with van der Waals surface area (Å²) in [6, 6.07) is 4.95. The normalized spacial score (nSPS) is 11.4. The van der Waals surface area contributed by atoms with Crippen LogP contribution in [0.25, 0.3) is 0 Å². The molecule has 0 bridgehead atoms. The van der Waals surface area contributed by atoms with E-state index >= 15 is 0 Å². The lowest BCUT2D eigenvalue weighted by atomic mass is 10.1. The fourth-order valence-electron chi connectivity index (χ4n) is 1.82. The smallest absolute Gasteiger partial charge is 0.255 e. The van der Waals surface area contributed by atoms with E-state index in [1.165, 1.54) is 7.11 Å². The first-order chi connectivity index (χ1) is 9.12. The number of nitrogens with two attached hydrogens (primary N) is 1. The Kier molecular flexibility index (Phi) is 9.38. The highest BCUT2D eigenvalue weighted by Crippen LogP contribution is 2.22. The second-order valence-electron chi connectivity index (χ2n) is 4.39. The minimum Gasteiger partial charge on any atom is -0.496 e. The van der Waals surface area contributed by atoms with Crippen LogP contribution in [-0.2, 0) is 0 Å². The Morgan fingerprint density at radius 1 is 1.50 bits per heavy atom. The average Bonchev–Trinajstić information content (AvgIpc) is 2.43. The standard InChI is InChI=1S/C14H21ClN2O2.ClH/c1-3-4-5-11(9-16)17-14(18)12-8-10(15)6-7-13(12)19-2;/h6-8,11H,3-5,9,16H2,1-2H3,(H,17,18);1H. The molecule has 3 N–H and O–H groups in total. The maximum atomic E-state index is 12.2. The summed E-state index contributed by atoms with van der Waals surface area (Å²) in [7, 11) is 1.53. The zero-order valence-corrected chi connectivity index (χ0v) is 13.4. The van der Waals surface area contributed by atoms with Gasteiger partial charge in [0.05, 0.1) is 12.7 Å². The summed E-state index contributed by atoms with van der Waals surface area (Å²) >= 11 is 5.91. The molecule has 1 aromatic rings. The Morgan fingerprint density at radius 3 is 2.75 bits per heavy atom. The van der Waals surface area contributed by atoms with Crippen molar-refractivity contribution in [2.24, 2.45) is 5.73 Å². The summed E-state index contributed by atoms with van der Waals surface area (Å²) in [5.41, 5.74) is 6.10. The maximum Gasteiger partial charge on any atom is 0.255 e. The van der Waals surface area contributed by atoms with Gasteiger partial charge in [-0.25, -0.2) is 0 Å². The van der Waals surface area contributed by atoms with Gasteiger partial charge in [0.2, 0.25) is 0 Å². The molecular formula is C14H22Cl2N2O2. The number of methoxy groups -OCH3 is 1. The van der Waals surface area contributed by atoms with Crippen molar-refractivity contribution < 1.29 is 9.53 Å². The van der Waals surface area contributed by atoms with Crippen LogP contribution in [-0.4, -0.2) is 25.6 Å². The van der Waals surface area contributed by atoms with E-state index in [1.807, 2.05) is 0 Å². The van der Waals surface area contributed by atoms with E-state index in [1.54, 1.807) is 18.2 Å². The van der Waals surface area contributed by atoms with Crippen LogP contribution in [0.15, 0.2) is 18.2 Å². The second-order valence-corrected chi connectivity index (χ2v) is 4.83. The second kappa shape index (κ2) is 9.86. The van der Waals surface area contributed by atoms with E-state index < -0.39 is 0 Å². The minimum absolute atomic E-state index is 0. The molecule has 1 unspecified atom stereocenters. The molecule has 114 valence electrons. The van der Waals surface area contributed by atoms with Crippen LogP contribution < -0.4 is 15.8 Å². The number of rotatable bonds is 7. The molecule has 0 saturated carbocycles. The zero-order chi connectivity index (χ0) is 14.3. The number of hydrogen-bond acceptors (Lipinski definition) is 3. The van der Waals surface area contributed by atoms with Crippen LogP contribution in [0.1, 0.15) is 36.5 Å². The molecule has 1 amide bonds. The average molecular weight is 321 g/mol. The van der Waals surface area contributed by atoms with Crippen molar-refractivity contribution in [3.8, 4) is 5.75 Å². The lowest BCUT2D eigenvalue weighted by Crippen LogP contribution is -2.40. The third kappa shape index (κ3) is 5.57. The number of nitrogens with one attached hydrogen (secondary N) is 1. The number of hydrogen-bond donors (Lipinski definition) is 2. The molecule has 1 atom stereocenters. The molecule has 1 aromatic carbocycles. The summed E-state index contributed by atoms with van der Waals surface area (Å²) in [6.07, 6.45) is 2.99. The van der Waals surface area contributed by atoms with Gasteiger partial charge in [-0.2, -0.15) is 0 Å². The molecule has 20 heavy (non-hydrogen) atoms. The predicted octanol–water partition coefficient (Wildman–Crippen LogP) is 3.02. The fourth-order valence-corrected chi connectivity index (χ4v) is 1.99. The summed E-state index contributed by atoms with van der Waals surface area (Å²) < 4.78 is 5.17. The van der Waals surface area contributed by atoms with Crippen molar-refractivity contribution in [3.63, 3.8) is 0 Å². The number of halogens is 2. The van der Waals surface area contributed by atoms with Gasteiger partial charge in [-0.05, 0) is 24.6 Å². The third-order valence-corrected chi connectivity index (χ3v) is 3.17. The molecule has 4 nitrogen and oxygen atoms in total. The van der Waals surface area contributed by atoms with Gasteiger partial charge >= 0.3 is 0 Å². The molecule has 0 heterocycles. The summed E-state index contributed by atoms with van der Waals surface area (Å²) in [6.45, 7) is 2.53. The van der Waals surface area contributed by atoms with Gasteiger partial charge in [0.15, 0.2) is 0 Å². The number of carbonyl (C=O) groups excluding carboxylic acids is 1. The lowest BCUT2D eigenvalue weighted by molar-refractivity contribution is 0.0932. The molecule has 6 heteroatoms. The minimum atomic E-state index is -0.203. The first kappa shape index (κ1) is 19.0. The molecule has 0 aliphatic rings. The van der Waals surface area contributed by atoms with Crippen LogP contribution in [0.4, 0.5) is 0 Å². The summed E-state index contributed by atoms with van der Waals surface area (Å²) in [5.74, 6) is 0.305. The third-order valence-electron chi connectivity index (χ3n) is 2.93. The Balaban J connectivity index is 0.00000361. The molecular weight excluding hydrogens is 299 g/mol. The number of carbonyl (C=O) groups is 1. The Morgan fingerprint density at radius 2 is 2.20 bits per heavy atom. The van der Waals surface area contributed by atoms with E-state index in [0.717, 1.165) is 19.3 Å². The highest BCUT2D eigenvalue weighted by atomic mass is 35.5. The summed E-state index contributed by atoms with van der Waals surface area (Å²) in [4.78, 5) is 12.2. The number of amides is 1. The van der Waals surface area contributed by atoms with Crippen molar-refractivity contribution in [1.29, 1.82) is 0 Å². The molecule has 0 aromatic heterocycles.